The van der Waals surface area contributed by atoms with E-state index >= 15 is 0 Å². The van der Waals surface area contributed by atoms with Gasteiger partial charge in [0.05, 0.1) is 0 Å². The largest absolute Gasteiger partial charge is 0.365 e. The van der Waals surface area contributed by atoms with Gasteiger partial charge in [-0.1, -0.05) is 12.8 Å². The molecule has 9 heteroatoms. The number of anilines is 1. The Hall–Kier alpha value is -2.12. The zero-order chi connectivity index (χ0) is 18.4. The summed E-state index contributed by atoms with van der Waals surface area (Å²) in [6.07, 6.45) is 9.26. The van der Waals surface area contributed by atoms with Gasteiger partial charge >= 0.3 is 5.69 Å². The van der Waals surface area contributed by atoms with Crippen LogP contribution >= 0.6 is 24.8 Å². The van der Waals surface area contributed by atoms with Crippen LogP contribution in [0.2, 0.25) is 0 Å². The second-order valence-electron chi connectivity index (χ2n) is 7.62. The van der Waals surface area contributed by atoms with Gasteiger partial charge in [0.15, 0.2) is 5.82 Å². The van der Waals surface area contributed by atoms with E-state index in [4.69, 9.17) is 9.97 Å². The number of fused-ring (bicyclic) bond motifs is 3. The third kappa shape index (κ3) is 3.73. The van der Waals surface area contributed by atoms with Crippen LogP contribution in [0.1, 0.15) is 49.9 Å². The van der Waals surface area contributed by atoms with Crippen LogP contribution in [0, 0.1) is 0 Å². The molecular weight excluding hydrogens is 411 g/mol. The summed E-state index contributed by atoms with van der Waals surface area (Å²) in [7, 11) is 0. The Bertz CT molecular complexity index is 996. The van der Waals surface area contributed by atoms with Crippen molar-refractivity contribution < 1.29 is 0 Å². The van der Waals surface area contributed by atoms with Crippen molar-refractivity contribution in [2.24, 2.45) is 0 Å². The molecular formula is C20H26Cl2N6O. The Balaban J connectivity index is 0.00000120. The predicted molar refractivity (Wildman–Crippen MR) is 118 cm³/mol. The van der Waals surface area contributed by atoms with E-state index in [1.54, 1.807) is 4.57 Å². The molecule has 1 fully saturated rings. The van der Waals surface area contributed by atoms with Gasteiger partial charge in [0.25, 0.3) is 0 Å². The molecule has 3 aliphatic heterocycles. The van der Waals surface area contributed by atoms with E-state index in [1.807, 2.05) is 36.0 Å². The number of nitrogens with zero attached hydrogens (tertiary/aromatic N) is 5. The zero-order valence-corrected chi connectivity index (χ0v) is 18.0. The fourth-order valence-corrected chi connectivity index (χ4v) is 4.50. The standard InChI is InChI=1S/C20H24N6O.2ClH/c1-2-25-19-16(23-17(24-19)14-5-3-4-6-14)18-22-15(12-26(18)20(25)27)11-13-7-9-21-10-8-13;;/h7-10,14-15,22H,2-6,11-12H2,1H3;2*1H. The summed E-state index contributed by atoms with van der Waals surface area (Å²) >= 11 is 0. The highest BCUT2D eigenvalue weighted by Crippen LogP contribution is 2.37. The number of pyridine rings is 1. The molecule has 1 aliphatic carbocycles. The average molecular weight is 437 g/mol. The maximum atomic E-state index is 13.0. The van der Waals surface area contributed by atoms with Crippen molar-refractivity contribution in [1.82, 2.24) is 24.1 Å². The third-order valence-electron chi connectivity index (χ3n) is 5.88. The molecule has 1 unspecified atom stereocenters. The molecule has 0 radical (unpaired) electrons. The average Bonchev–Trinajstić information content (AvgIpc) is 3.42. The first-order valence-corrected chi connectivity index (χ1v) is 9.91. The van der Waals surface area contributed by atoms with Crippen LogP contribution in [0.25, 0.3) is 11.5 Å². The smallest absolute Gasteiger partial charge is 0.331 e. The van der Waals surface area contributed by atoms with Gasteiger partial charge in [0.1, 0.15) is 17.3 Å². The van der Waals surface area contributed by atoms with Crippen LogP contribution in [0.5, 0.6) is 0 Å². The maximum absolute atomic E-state index is 13.0. The third-order valence-corrected chi connectivity index (χ3v) is 5.88. The molecule has 1 aromatic rings. The van der Waals surface area contributed by atoms with E-state index in [-0.39, 0.29) is 36.5 Å². The highest BCUT2D eigenvalue weighted by molar-refractivity contribution is 5.85. The monoisotopic (exact) mass is 436 g/mol. The van der Waals surface area contributed by atoms with Crippen LogP contribution in [0.3, 0.4) is 0 Å². The molecule has 0 spiro atoms. The van der Waals surface area contributed by atoms with Crippen molar-refractivity contribution in [2.45, 2.75) is 64.1 Å². The van der Waals surface area contributed by atoms with Gasteiger partial charge in [-0.25, -0.2) is 14.8 Å². The van der Waals surface area contributed by atoms with Gasteiger partial charge in [-0.3, -0.25) is 14.1 Å². The van der Waals surface area contributed by atoms with Gasteiger partial charge in [-0.05, 0) is 43.9 Å². The molecule has 156 valence electrons. The lowest BCUT2D eigenvalue weighted by molar-refractivity contribution is 0.578. The lowest BCUT2D eigenvalue weighted by atomic mass is 10.1. The number of aromatic nitrogens is 5. The number of nitrogens with one attached hydrogen (secondary N) is 1. The Kier molecular flexibility index (Phi) is 6.49. The van der Waals surface area contributed by atoms with E-state index < -0.39 is 0 Å². The molecule has 4 heterocycles. The van der Waals surface area contributed by atoms with Crippen molar-refractivity contribution in [3.05, 3.63) is 46.4 Å². The first kappa shape index (κ1) is 21.6. The first-order valence-electron chi connectivity index (χ1n) is 9.91. The Labute approximate surface area is 182 Å². The molecule has 1 saturated carbocycles. The molecule has 0 bridgehead atoms. The summed E-state index contributed by atoms with van der Waals surface area (Å²) in [4.78, 5) is 26.8. The van der Waals surface area contributed by atoms with Crippen molar-refractivity contribution in [3.63, 3.8) is 0 Å². The van der Waals surface area contributed by atoms with E-state index in [2.05, 4.69) is 10.3 Å². The summed E-state index contributed by atoms with van der Waals surface area (Å²) in [5.41, 5.74) is 2.06. The Morgan fingerprint density at radius 2 is 1.86 bits per heavy atom. The van der Waals surface area contributed by atoms with Crippen LogP contribution in [-0.4, -0.2) is 30.1 Å². The molecule has 5 rings (SSSR count). The predicted octanol–water partition coefficient (Wildman–Crippen LogP) is 3.50. The van der Waals surface area contributed by atoms with Gasteiger partial charge in [0.2, 0.25) is 0 Å². The van der Waals surface area contributed by atoms with E-state index in [9.17, 15) is 4.79 Å². The number of imidazole rings is 1. The topological polar surface area (TPSA) is 77.6 Å². The van der Waals surface area contributed by atoms with Gasteiger partial charge in [-0.2, -0.15) is 0 Å². The molecule has 4 aliphatic rings. The van der Waals surface area contributed by atoms with Crippen molar-refractivity contribution >= 4 is 30.6 Å². The van der Waals surface area contributed by atoms with Gasteiger partial charge < -0.3 is 5.32 Å². The molecule has 1 aromatic heterocycles. The fourth-order valence-electron chi connectivity index (χ4n) is 4.50. The SMILES string of the molecule is CCn1c2nc(C3CCCC3)nc-2c2n(c1=O)CC(Cc1ccncc1)N2.Cl.Cl. The minimum Gasteiger partial charge on any atom is -0.365 e. The molecule has 7 nitrogen and oxygen atoms in total. The molecule has 1 atom stereocenters. The van der Waals surface area contributed by atoms with Crippen LogP contribution < -0.4 is 11.0 Å². The highest BCUT2D eigenvalue weighted by Gasteiger charge is 2.33. The normalized spacial score (nSPS) is 18.2. The van der Waals surface area contributed by atoms with Crippen molar-refractivity contribution in [2.75, 3.05) is 5.32 Å². The molecule has 0 amide bonds. The molecule has 0 saturated heterocycles. The molecule has 1 N–H and O–H groups in total. The minimum atomic E-state index is 0. The minimum absolute atomic E-state index is 0. The lowest BCUT2D eigenvalue weighted by Crippen LogP contribution is -2.31. The Morgan fingerprint density at radius 1 is 1.14 bits per heavy atom. The lowest BCUT2D eigenvalue weighted by Gasteiger charge is -2.12. The van der Waals surface area contributed by atoms with Crippen LogP contribution in [0.4, 0.5) is 5.82 Å². The van der Waals surface area contributed by atoms with Crippen LogP contribution in [-0.2, 0) is 19.5 Å². The number of rotatable bonds is 4. The summed E-state index contributed by atoms with van der Waals surface area (Å²) in [6.45, 7) is 3.25. The second kappa shape index (κ2) is 8.71. The second-order valence-corrected chi connectivity index (χ2v) is 7.62. The highest BCUT2D eigenvalue weighted by atomic mass is 35.5. The molecule has 29 heavy (non-hydrogen) atoms. The molecule has 0 aromatic carbocycles. The number of hydrogen-bond donors (Lipinski definition) is 1. The fraction of sp³-hybridized carbons (Fsp3) is 0.500. The first-order chi connectivity index (χ1) is 13.2. The van der Waals surface area contributed by atoms with Crippen molar-refractivity contribution in [1.29, 1.82) is 0 Å². The van der Waals surface area contributed by atoms with Crippen LogP contribution in [0.15, 0.2) is 29.3 Å². The van der Waals surface area contributed by atoms with E-state index in [1.165, 1.54) is 18.4 Å². The summed E-state index contributed by atoms with van der Waals surface area (Å²) in [6, 6.07) is 4.22. The maximum Gasteiger partial charge on any atom is 0.331 e. The van der Waals surface area contributed by atoms with Crippen molar-refractivity contribution in [3.8, 4) is 11.5 Å². The van der Waals surface area contributed by atoms with Gasteiger partial charge in [0, 0.05) is 37.4 Å². The van der Waals surface area contributed by atoms with Gasteiger partial charge in [-0.15, -0.1) is 24.8 Å². The summed E-state index contributed by atoms with van der Waals surface area (Å²) in [5.74, 6) is 2.91. The summed E-state index contributed by atoms with van der Waals surface area (Å²) < 4.78 is 3.60. The number of hydrogen-bond acceptors (Lipinski definition) is 5. The Morgan fingerprint density at radius 3 is 2.55 bits per heavy atom. The zero-order valence-electron chi connectivity index (χ0n) is 16.4. The number of halogens is 2. The van der Waals surface area contributed by atoms with E-state index in [0.29, 0.717) is 19.0 Å². The summed E-state index contributed by atoms with van der Waals surface area (Å²) in [5, 5.41) is 3.55. The van der Waals surface area contributed by atoms with E-state index in [0.717, 1.165) is 42.4 Å². The quantitative estimate of drug-likeness (QED) is 0.676.